The summed E-state index contributed by atoms with van der Waals surface area (Å²) < 4.78 is 0. The first kappa shape index (κ1) is 9.50. The average Bonchev–Trinajstić information content (AvgIpc) is 2.16. The first-order chi connectivity index (χ1) is 6.68. The van der Waals surface area contributed by atoms with Crippen LogP contribution >= 0.6 is 11.6 Å². The Morgan fingerprint density at radius 2 is 1.71 bits per heavy atom. The van der Waals surface area contributed by atoms with E-state index >= 15 is 0 Å². The summed E-state index contributed by atoms with van der Waals surface area (Å²) in [4.78, 5) is 0. The standard InChI is InChI=1S/C12H11ClO/c1-8(14)11-6-9-4-2-3-5-10(9)7-12(11)13/h2-8,14H,1H3. The maximum Gasteiger partial charge on any atom is 0.0776 e. The predicted octanol–water partition coefficient (Wildman–Crippen LogP) is 3.55. The molecule has 0 radical (unpaired) electrons. The maximum atomic E-state index is 9.48. The van der Waals surface area contributed by atoms with E-state index < -0.39 is 6.10 Å². The van der Waals surface area contributed by atoms with Gasteiger partial charge in [0.25, 0.3) is 0 Å². The lowest BCUT2D eigenvalue weighted by molar-refractivity contribution is 0.199. The molecule has 0 spiro atoms. The molecule has 0 aromatic heterocycles. The molecule has 0 bridgehead atoms. The van der Waals surface area contributed by atoms with Crippen molar-refractivity contribution in [3.8, 4) is 0 Å². The van der Waals surface area contributed by atoms with Crippen LogP contribution < -0.4 is 0 Å². The minimum Gasteiger partial charge on any atom is -0.389 e. The van der Waals surface area contributed by atoms with Crippen LogP contribution in [0.2, 0.25) is 5.02 Å². The number of fused-ring (bicyclic) bond motifs is 1. The van der Waals surface area contributed by atoms with Gasteiger partial charge in [-0.2, -0.15) is 0 Å². The third kappa shape index (κ3) is 1.61. The van der Waals surface area contributed by atoms with Gasteiger partial charge in [-0.25, -0.2) is 0 Å². The van der Waals surface area contributed by atoms with Gasteiger partial charge in [0.05, 0.1) is 6.10 Å². The molecule has 14 heavy (non-hydrogen) atoms. The number of halogens is 1. The summed E-state index contributed by atoms with van der Waals surface area (Å²) in [6.45, 7) is 1.72. The van der Waals surface area contributed by atoms with Crippen molar-refractivity contribution in [2.75, 3.05) is 0 Å². The molecule has 0 heterocycles. The zero-order valence-electron chi connectivity index (χ0n) is 7.87. The van der Waals surface area contributed by atoms with Gasteiger partial charge in [0.1, 0.15) is 0 Å². The summed E-state index contributed by atoms with van der Waals surface area (Å²) in [7, 11) is 0. The molecule has 2 aromatic rings. The molecule has 0 aliphatic heterocycles. The normalized spacial score (nSPS) is 13.1. The van der Waals surface area contributed by atoms with E-state index in [-0.39, 0.29) is 0 Å². The smallest absolute Gasteiger partial charge is 0.0776 e. The van der Waals surface area contributed by atoms with Gasteiger partial charge in [-0.3, -0.25) is 0 Å². The third-order valence-corrected chi connectivity index (χ3v) is 2.64. The Morgan fingerprint density at radius 1 is 1.14 bits per heavy atom. The first-order valence-electron chi connectivity index (χ1n) is 4.55. The molecule has 2 rings (SSSR count). The molecule has 0 saturated heterocycles. The number of hydrogen-bond acceptors (Lipinski definition) is 1. The second-order valence-corrected chi connectivity index (χ2v) is 3.80. The van der Waals surface area contributed by atoms with Crippen molar-refractivity contribution in [1.82, 2.24) is 0 Å². The van der Waals surface area contributed by atoms with E-state index in [9.17, 15) is 5.11 Å². The number of aliphatic hydroxyl groups is 1. The number of hydrogen-bond donors (Lipinski definition) is 1. The summed E-state index contributed by atoms with van der Waals surface area (Å²) in [5.74, 6) is 0. The van der Waals surface area contributed by atoms with E-state index in [0.717, 1.165) is 16.3 Å². The largest absolute Gasteiger partial charge is 0.389 e. The van der Waals surface area contributed by atoms with Crippen LogP contribution in [-0.4, -0.2) is 5.11 Å². The van der Waals surface area contributed by atoms with Crippen molar-refractivity contribution in [1.29, 1.82) is 0 Å². The highest BCUT2D eigenvalue weighted by molar-refractivity contribution is 6.32. The topological polar surface area (TPSA) is 20.2 Å². The fourth-order valence-corrected chi connectivity index (χ4v) is 1.88. The summed E-state index contributed by atoms with van der Waals surface area (Å²) in [6, 6.07) is 11.8. The van der Waals surface area contributed by atoms with Crippen LogP contribution in [0, 0.1) is 0 Å². The highest BCUT2D eigenvalue weighted by atomic mass is 35.5. The summed E-state index contributed by atoms with van der Waals surface area (Å²) >= 11 is 6.04. The van der Waals surface area contributed by atoms with Gasteiger partial charge in [0.2, 0.25) is 0 Å². The summed E-state index contributed by atoms with van der Waals surface area (Å²) in [5, 5.41) is 12.3. The van der Waals surface area contributed by atoms with Crippen molar-refractivity contribution in [3.05, 3.63) is 47.0 Å². The Hall–Kier alpha value is -1.05. The molecule has 0 aliphatic rings. The molecule has 0 fully saturated rings. The quantitative estimate of drug-likeness (QED) is 0.757. The van der Waals surface area contributed by atoms with E-state index in [1.807, 2.05) is 36.4 Å². The van der Waals surface area contributed by atoms with E-state index in [1.54, 1.807) is 6.92 Å². The Morgan fingerprint density at radius 3 is 2.29 bits per heavy atom. The summed E-state index contributed by atoms with van der Waals surface area (Å²) in [5.41, 5.74) is 0.783. The van der Waals surface area contributed by atoms with Crippen LogP contribution in [0.3, 0.4) is 0 Å². The van der Waals surface area contributed by atoms with Crippen LogP contribution in [0.1, 0.15) is 18.6 Å². The van der Waals surface area contributed by atoms with Gasteiger partial charge in [-0.15, -0.1) is 0 Å². The van der Waals surface area contributed by atoms with Gasteiger partial charge in [0.15, 0.2) is 0 Å². The van der Waals surface area contributed by atoms with Crippen LogP contribution in [0.25, 0.3) is 10.8 Å². The molecule has 0 aliphatic carbocycles. The Balaban J connectivity index is 2.71. The molecule has 0 amide bonds. The zero-order valence-corrected chi connectivity index (χ0v) is 8.62. The van der Waals surface area contributed by atoms with Crippen LogP contribution in [-0.2, 0) is 0 Å². The lowest BCUT2D eigenvalue weighted by atomic mass is 10.0. The van der Waals surface area contributed by atoms with Crippen molar-refractivity contribution in [2.45, 2.75) is 13.0 Å². The fraction of sp³-hybridized carbons (Fsp3) is 0.167. The number of rotatable bonds is 1. The van der Waals surface area contributed by atoms with E-state index in [4.69, 9.17) is 11.6 Å². The van der Waals surface area contributed by atoms with Crippen molar-refractivity contribution in [2.24, 2.45) is 0 Å². The van der Waals surface area contributed by atoms with Crippen molar-refractivity contribution in [3.63, 3.8) is 0 Å². The molecule has 1 unspecified atom stereocenters. The Kier molecular flexibility index (Phi) is 2.44. The lowest BCUT2D eigenvalue weighted by Gasteiger charge is -2.08. The lowest BCUT2D eigenvalue weighted by Crippen LogP contribution is -1.92. The van der Waals surface area contributed by atoms with Gasteiger partial charge < -0.3 is 5.11 Å². The molecule has 1 atom stereocenters. The minimum absolute atomic E-state index is 0.521. The molecule has 2 aromatic carbocycles. The van der Waals surface area contributed by atoms with E-state index in [0.29, 0.717) is 5.02 Å². The molecular weight excluding hydrogens is 196 g/mol. The molecule has 2 heteroatoms. The SMILES string of the molecule is CC(O)c1cc2ccccc2cc1Cl. The van der Waals surface area contributed by atoms with Crippen molar-refractivity contribution < 1.29 is 5.11 Å². The van der Waals surface area contributed by atoms with Gasteiger partial charge in [-0.05, 0) is 35.4 Å². The van der Waals surface area contributed by atoms with Gasteiger partial charge in [0, 0.05) is 5.02 Å². The first-order valence-corrected chi connectivity index (χ1v) is 4.92. The second-order valence-electron chi connectivity index (χ2n) is 3.40. The second kappa shape index (κ2) is 3.60. The highest BCUT2D eigenvalue weighted by Crippen LogP contribution is 2.28. The average molecular weight is 207 g/mol. The predicted molar refractivity (Wildman–Crippen MR) is 59.6 cm³/mol. The van der Waals surface area contributed by atoms with E-state index in [2.05, 4.69) is 0 Å². The molecule has 1 N–H and O–H groups in total. The monoisotopic (exact) mass is 206 g/mol. The van der Waals surface area contributed by atoms with Gasteiger partial charge >= 0.3 is 0 Å². The van der Waals surface area contributed by atoms with E-state index in [1.165, 1.54) is 0 Å². The maximum absolute atomic E-state index is 9.48. The van der Waals surface area contributed by atoms with Crippen LogP contribution in [0.5, 0.6) is 0 Å². The van der Waals surface area contributed by atoms with Crippen LogP contribution in [0.15, 0.2) is 36.4 Å². The number of benzene rings is 2. The summed E-state index contributed by atoms with van der Waals surface area (Å²) in [6.07, 6.45) is -0.521. The molecule has 72 valence electrons. The van der Waals surface area contributed by atoms with Crippen molar-refractivity contribution >= 4 is 22.4 Å². The number of aliphatic hydroxyl groups excluding tert-OH is 1. The Bertz CT molecular complexity index is 463. The Labute approximate surface area is 87.9 Å². The molecule has 1 nitrogen and oxygen atoms in total. The minimum atomic E-state index is -0.521. The molecule has 0 saturated carbocycles. The highest BCUT2D eigenvalue weighted by Gasteiger charge is 2.07. The fourth-order valence-electron chi connectivity index (χ4n) is 1.55. The zero-order chi connectivity index (χ0) is 10.1. The molecular formula is C12H11ClO. The third-order valence-electron chi connectivity index (χ3n) is 2.32. The van der Waals surface area contributed by atoms with Gasteiger partial charge in [-0.1, -0.05) is 35.9 Å². The van der Waals surface area contributed by atoms with Crippen LogP contribution in [0.4, 0.5) is 0 Å².